The third-order valence-electron chi connectivity index (χ3n) is 2.95. The lowest BCUT2D eigenvalue weighted by Gasteiger charge is -2.14. The normalized spacial score (nSPS) is 10.9. The first kappa shape index (κ1) is 12.7. The monoisotopic (exact) mass is 245 g/mol. The first-order valence-corrected chi connectivity index (χ1v) is 5.98. The second-order valence-corrected chi connectivity index (χ2v) is 4.54. The van der Waals surface area contributed by atoms with E-state index in [1.54, 1.807) is 18.3 Å². The molecule has 94 valence electrons. The average molecular weight is 245 g/mol. The highest BCUT2D eigenvalue weighted by atomic mass is 19.1. The third-order valence-corrected chi connectivity index (χ3v) is 2.95. The summed E-state index contributed by atoms with van der Waals surface area (Å²) in [7, 11) is 0. The molecule has 2 rings (SSSR count). The van der Waals surface area contributed by atoms with Crippen molar-refractivity contribution in [1.82, 2.24) is 4.98 Å². The van der Waals surface area contributed by atoms with Crippen LogP contribution in [0.4, 0.5) is 4.39 Å². The predicted molar refractivity (Wildman–Crippen MR) is 69.6 cm³/mol. The zero-order chi connectivity index (χ0) is 13.1. The molecule has 0 aliphatic rings. The summed E-state index contributed by atoms with van der Waals surface area (Å²) in [6.07, 6.45) is 1.73. The van der Waals surface area contributed by atoms with E-state index >= 15 is 0 Å². The largest absolute Gasteiger partial charge is 0.392 e. The first-order valence-electron chi connectivity index (χ1n) is 5.98. The minimum absolute atomic E-state index is 0.0614. The number of hydrogen-bond acceptors (Lipinski definition) is 2. The number of hydrogen-bond donors (Lipinski definition) is 1. The highest BCUT2D eigenvalue weighted by Gasteiger charge is 2.13. The van der Waals surface area contributed by atoms with Crippen molar-refractivity contribution in [2.24, 2.45) is 0 Å². The molecule has 0 saturated heterocycles. The van der Waals surface area contributed by atoms with Crippen LogP contribution in [0.5, 0.6) is 0 Å². The van der Waals surface area contributed by atoms with Gasteiger partial charge in [0.15, 0.2) is 0 Å². The number of halogens is 1. The molecule has 2 aromatic rings. The van der Waals surface area contributed by atoms with Crippen LogP contribution in [0.25, 0.3) is 11.1 Å². The second-order valence-electron chi connectivity index (χ2n) is 4.54. The van der Waals surface area contributed by atoms with Crippen LogP contribution in [0.2, 0.25) is 0 Å². The Morgan fingerprint density at radius 3 is 2.39 bits per heavy atom. The molecule has 1 N–H and O–H groups in total. The van der Waals surface area contributed by atoms with Crippen LogP contribution in [-0.2, 0) is 6.61 Å². The maximum atomic E-state index is 12.9. The average Bonchev–Trinajstić information content (AvgIpc) is 2.38. The van der Waals surface area contributed by atoms with Gasteiger partial charge in [0.1, 0.15) is 5.82 Å². The molecule has 1 aromatic carbocycles. The summed E-state index contributed by atoms with van der Waals surface area (Å²) in [6, 6.07) is 8.13. The molecule has 0 unspecified atom stereocenters. The number of rotatable bonds is 3. The van der Waals surface area contributed by atoms with E-state index in [0.29, 0.717) is 0 Å². The Labute approximate surface area is 106 Å². The SMILES string of the molecule is CC(C)c1nccc(-c2ccc(F)cc2)c1CO. The highest BCUT2D eigenvalue weighted by Crippen LogP contribution is 2.28. The van der Waals surface area contributed by atoms with E-state index in [0.717, 1.165) is 22.4 Å². The quantitative estimate of drug-likeness (QED) is 0.897. The van der Waals surface area contributed by atoms with Crippen molar-refractivity contribution in [2.45, 2.75) is 26.4 Å². The minimum atomic E-state index is -0.262. The van der Waals surface area contributed by atoms with Crippen LogP contribution < -0.4 is 0 Å². The Balaban J connectivity index is 2.57. The van der Waals surface area contributed by atoms with Gasteiger partial charge in [0.2, 0.25) is 0 Å². The van der Waals surface area contributed by atoms with Crippen LogP contribution >= 0.6 is 0 Å². The molecule has 3 heteroatoms. The van der Waals surface area contributed by atoms with Gasteiger partial charge in [-0.2, -0.15) is 0 Å². The van der Waals surface area contributed by atoms with Gasteiger partial charge in [-0.3, -0.25) is 4.98 Å². The van der Waals surface area contributed by atoms with Gasteiger partial charge in [-0.15, -0.1) is 0 Å². The number of aromatic nitrogens is 1. The molecule has 1 aromatic heterocycles. The van der Waals surface area contributed by atoms with Crippen molar-refractivity contribution in [2.75, 3.05) is 0 Å². The standard InChI is InChI=1S/C15H16FNO/c1-10(2)15-14(9-18)13(7-8-17-15)11-3-5-12(16)6-4-11/h3-8,10,18H,9H2,1-2H3. The van der Waals surface area contributed by atoms with Gasteiger partial charge < -0.3 is 5.11 Å². The van der Waals surface area contributed by atoms with E-state index in [9.17, 15) is 9.50 Å². The maximum Gasteiger partial charge on any atom is 0.123 e. The molecule has 0 amide bonds. The van der Waals surface area contributed by atoms with Crippen LogP contribution in [0.3, 0.4) is 0 Å². The molecule has 1 heterocycles. The van der Waals surface area contributed by atoms with E-state index in [1.165, 1.54) is 12.1 Å². The van der Waals surface area contributed by atoms with Crippen molar-refractivity contribution in [1.29, 1.82) is 0 Å². The first-order chi connectivity index (χ1) is 8.63. The highest BCUT2D eigenvalue weighted by molar-refractivity contribution is 5.67. The molecule has 0 atom stereocenters. The zero-order valence-corrected chi connectivity index (χ0v) is 10.5. The van der Waals surface area contributed by atoms with Gasteiger partial charge in [-0.05, 0) is 35.2 Å². The molecule has 18 heavy (non-hydrogen) atoms. The molecule has 0 fully saturated rings. The molecule has 0 spiro atoms. The Hall–Kier alpha value is -1.74. The van der Waals surface area contributed by atoms with Gasteiger partial charge in [0.25, 0.3) is 0 Å². The van der Waals surface area contributed by atoms with E-state index in [-0.39, 0.29) is 18.3 Å². The van der Waals surface area contributed by atoms with Gasteiger partial charge in [-0.1, -0.05) is 26.0 Å². The second kappa shape index (κ2) is 5.27. The van der Waals surface area contributed by atoms with Gasteiger partial charge >= 0.3 is 0 Å². The fourth-order valence-corrected chi connectivity index (χ4v) is 2.07. The molecule has 0 aliphatic carbocycles. The fourth-order valence-electron chi connectivity index (χ4n) is 2.07. The summed E-state index contributed by atoms with van der Waals surface area (Å²) in [5.74, 6) is -0.0185. The van der Waals surface area contributed by atoms with Crippen LogP contribution in [-0.4, -0.2) is 10.1 Å². The summed E-state index contributed by atoms with van der Waals surface area (Å²) >= 11 is 0. The van der Waals surface area contributed by atoms with Gasteiger partial charge in [0, 0.05) is 17.5 Å². The van der Waals surface area contributed by atoms with Crippen molar-refractivity contribution >= 4 is 0 Å². The molecular weight excluding hydrogens is 229 g/mol. The third kappa shape index (κ3) is 2.41. The van der Waals surface area contributed by atoms with Crippen molar-refractivity contribution in [3.63, 3.8) is 0 Å². The topological polar surface area (TPSA) is 33.1 Å². The van der Waals surface area contributed by atoms with Crippen molar-refractivity contribution < 1.29 is 9.50 Å². The summed E-state index contributed by atoms with van der Waals surface area (Å²) in [6.45, 7) is 4.01. The fraction of sp³-hybridized carbons (Fsp3) is 0.267. The molecule has 0 aliphatic heterocycles. The lowest BCUT2D eigenvalue weighted by molar-refractivity contribution is 0.280. The summed E-state index contributed by atoms with van der Waals surface area (Å²) < 4.78 is 12.9. The smallest absolute Gasteiger partial charge is 0.123 e. The predicted octanol–water partition coefficient (Wildman–Crippen LogP) is 3.50. The minimum Gasteiger partial charge on any atom is -0.392 e. The number of pyridine rings is 1. The van der Waals surface area contributed by atoms with E-state index in [1.807, 2.05) is 19.9 Å². The Kier molecular flexibility index (Phi) is 3.72. The van der Waals surface area contributed by atoms with Crippen molar-refractivity contribution in [3.8, 4) is 11.1 Å². The molecular formula is C15H16FNO. The zero-order valence-electron chi connectivity index (χ0n) is 10.5. The Bertz CT molecular complexity index is 535. The lowest BCUT2D eigenvalue weighted by Crippen LogP contribution is -2.02. The number of aliphatic hydroxyl groups is 1. The number of benzene rings is 1. The van der Waals surface area contributed by atoms with Gasteiger partial charge in [-0.25, -0.2) is 4.39 Å². The van der Waals surface area contributed by atoms with Crippen molar-refractivity contribution in [3.05, 3.63) is 53.6 Å². The lowest BCUT2D eigenvalue weighted by atomic mass is 9.95. The van der Waals surface area contributed by atoms with E-state index in [2.05, 4.69) is 4.98 Å². The van der Waals surface area contributed by atoms with Crippen LogP contribution in [0, 0.1) is 5.82 Å². The molecule has 0 bridgehead atoms. The van der Waals surface area contributed by atoms with Crippen LogP contribution in [0.1, 0.15) is 31.0 Å². The number of nitrogens with zero attached hydrogens (tertiary/aromatic N) is 1. The van der Waals surface area contributed by atoms with E-state index < -0.39 is 0 Å². The molecule has 0 saturated carbocycles. The molecule has 0 radical (unpaired) electrons. The van der Waals surface area contributed by atoms with Crippen LogP contribution in [0.15, 0.2) is 36.5 Å². The summed E-state index contributed by atoms with van der Waals surface area (Å²) in [5.41, 5.74) is 3.51. The summed E-state index contributed by atoms with van der Waals surface area (Å²) in [4.78, 5) is 4.32. The molecule has 2 nitrogen and oxygen atoms in total. The Morgan fingerprint density at radius 2 is 1.83 bits per heavy atom. The summed E-state index contributed by atoms with van der Waals surface area (Å²) in [5, 5.41) is 9.55. The van der Waals surface area contributed by atoms with Gasteiger partial charge in [0.05, 0.1) is 6.61 Å². The maximum absolute atomic E-state index is 12.9. The number of aliphatic hydroxyl groups excluding tert-OH is 1. The Morgan fingerprint density at radius 1 is 1.17 bits per heavy atom. The van der Waals surface area contributed by atoms with E-state index in [4.69, 9.17) is 0 Å².